The van der Waals surface area contributed by atoms with Crippen LogP contribution in [0.1, 0.15) is 60.3 Å². The van der Waals surface area contributed by atoms with Gasteiger partial charge in [0.05, 0.1) is 11.3 Å². The zero-order valence-electron chi connectivity index (χ0n) is 13.9. The molecule has 0 saturated heterocycles. The van der Waals surface area contributed by atoms with Crippen molar-refractivity contribution in [2.24, 2.45) is 7.05 Å². The van der Waals surface area contributed by atoms with E-state index in [1.54, 1.807) is 4.68 Å². The van der Waals surface area contributed by atoms with Gasteiger partial charge < -0.3 is 10.6 Å². The van der Waals surface area contributed by atoms with Crippen molar-refractivity contribution in [1.29, 1.82) is 0 Å². The molecule has 1 aromatic rings. The average Bonchev–Trinajstić information content (AvgIpc) is 2.64. The summed E-state index contributed by atoms with van der Waals surface area (Å²) in [6.07, 6.45) is 7.95. The summed E-state index contributed by atoms with van der Waals surface area (Å²) in [6, 6.07) is 0.631. The van der Waals surface area contributed by atoms with E-state index >= 15 is 0 Å². The van der Waals surface area contributed by atoms with Crippen LogP contribution in [0, 0.1) is 13.8 Å². The van der Waals surface area contributed by atoms with Crippen LogP contribution in [-0.2, 0) is 7.05 Å². The normalized spacial score (nSPS) is 16.0. The van der Waals surface area contributed by atoms with Crippen molar-refractivity contribution in [3.05, 3.63) is 17.0 Å². The van der Waals surface area contributed by atoms with Gasteiger partial charge >= 0.3 is 0 Å². The van der Waals surface area contributed by atoms with E-state index in [9.17, 15) is 4.79 Å². The Kier molecular flexibility index (Phi) is 7.90. The van der Waals surface area contributed by atoms with E-state index in [0.29, 0.717) is 18.2 Å². The van der Waals surface area contributed by atoms with Gasteiger partial charge in [-0.05, 0) is 26.7 Å². The van der Waals surface area contributed by atoms with Gasteiger partial charge in [0.2, 0.25) is 0 Å². The van der Waals surface area contributed by atoms with Gasteiger partial charge in [-0.1, -0.05) is 25.7 Å². The van der Waals surface area contributed by atoms with Crippen LogP contribution < -0.4 is 10.6 Å². The molecular weight excluding hydrogens is 300 g/mol. The lowest BCUT2D eigenvalue weighted by atomic mass is 10.1. The topological polar surface area (TPSA) is 59.0 Å². The molecule has 2 rings (SSSR count). The number of carbonyl (C=O) groups excluding carboxylic acids is 1. The Hall–Kier alpha value is -1.07. The van der Waals surface area contributed by atoms with Crippen molar-refractivity contribution in [1.82, 2.24) is 20.4 Å². The number of nitrogens with one attached hydrogen (secondary N) is 2. The van der Waals surface area contributed by atoms with Crippen molar-refractivity contribution in [2.75, 3.05) is 13.1 Å². The summed E-state index contributed by atoms with van der Waals surface area (Å²) in [4.78, 5) is 12.2. The third-order valence-corrected chi connectivity index (χ3v) is 4.43. The molecular formula is C16H29ClN4O. The minimum Gasteiger partial charge on any atom is -0.351 e. The lowest BCUT2D eigenvalue weighted by Crippen LogP contribution is -2.37. The molecule has 22 heavy (non-hydrogen) atoms. The Bertz CT molecular complexity index is 479. The highest BCUT2D eigenvalue weighted by Gasteiger charge is 2.17. The second-order valence-corrected chi connectivity index (χ2v) is 6.07. The summed E-state index contributed by atoms with van der Waals surface area (Å²) < 4.78 is 1.76. The molecule has 0 aromatic carbocycles. The third-order valence-electron chi connectivity index (χ3n) is 4.43. The first-order valence-corrected chi connectivity index (χ1v) is 8.11. The minimum absolute atomic E-state index is 0. The second-order valence-electron chi connectivity index (χ2n) is 6.07. The van der Waals surface area contributed by atoms with E-state index in [4.69, 9.17) is 0 Å². The molecule has 0 aliphatic heterocycles. The Morgan fingerprint density at radius 2 is 1.82 bits per heavy atom. The van der Waals surface area contributed by atoms with E-state index < -0.39 is 0 Å². The molecule has 0 unspecified atom stereocenters. The highest BCUT2D eigenvalue weighted by Crippen LogP contribution is 2.16. The van der Waals surface area contributed by atoms with Gasteiger partial charge in [-0.2, -0.15) is 5.10 Å². The molecule has 1 aliphatic rings. The Labute approximate surface area is 139 Å². The predicted molar refractivity (Wildman–Crippen MR) is 91.8 cm³/mol. The van der Waals surface area contributed by atoms with Crippen LogP contribution in [0.5, 0.6) is 0 Å². The first-order chi connectivity index (χ1) is 10.1. The van der Waals surface area contributed by atoms with Crippen molar-refractivity contribution in [2.45, 2.75) is 58.4 Å². The maximum Gasteiger partial charge on any atom is 0.255 e. The fraction of sp³-hybridized carbons (Fsp3) is 0.750. The highest BCUT2D eigenvalue weighted by atomic mass is 35.5. The smallest absolute Gasteiger partial charge is 0.255 e. The number of aromatic nitrogens is 2. The Morgan fingerprint density at radius 3 is 2.36 bits per heavy atom. The molecule has 1 fully saturated rings. The van der Waals surface area contributed by atoms with Gasteiger partial charge in [-0.3, -0.25) is 9.48 Å². The van der Waals surface area contributed by atoms with E-state index in [2.05, 4.69) is 15.7 Å². The fourth-order valence-electron chi connectivity index (χ4n) is 3.13. The molecule has 1 amide bonds. The van der Waals surface area contributed by atoms with Crippen LogP contribution in [-0.4, -0.2) is 34.8 Å². The van der Waals surface area contributed by atoms with E-state index in [-0.39, 0.29) is 18.3 Å². The van der Waals surface area contributed by atoms with Crippen molar-refractivity contribution in [3.8, 4) is 0 Å². The maximum atomic E-state index is 12.2. The summed E-state index contributed by atoms with van der Waals surface area (Å²) in [6.45, 7) is 5.32. The molecule has 1 heterocycles. The van der Waals surface area contributed by atoms with Crippen molar-refractivity contribution < 1.29 is 4.79 Å². The molecule has 0 spiro atoms. The van der Waals surface area contributed by atoms with E-state index in [1.165, 1.54) is 38.5 Å². The monoisotopic (exact) mass is 328 g/mol. The summed E-state index contributed by atoms with van der Waals surface area (Å²) in [7, 11) is 1.87. The molecule has 126 valence electrons. The number of carbonyl (C=O) groups is 1. The van der Waals surface area contributed by atoms with Crippen LogP contribution in [0.2, 0.25) is 0 Å². The maximum absolute atomic E-state index is 12.2. The molecule has 0 radical (unpaired) electrons. The average molecular weight is 329 g/mol. The van der Waals surface area contributed by atoms with E-state index in [0.717, 1.165) is 17.9 Å². The first-order valence-electron chi connectivity index (χ1n) is 8.11. The third kappa shape index (κ3) is 4.99. The summed E-state index contributed by atoms with van der Waals surface area (Å²) >= 11 is 0. The predicted octanol–water partition coefficient (Wildman–Crippen LogP) is 2.50. The summed E-state index contributed by atoms with van der Waals surface area (Å²) in [5.74, 6) is -0.0132. The molecule has 2 N–H and O–H groups in total. The summed E-state index contributed by atoms with van der Waals surface area (Å²) in [5, 5.41) is 10.8. The van der Waals surface area contributed by atoms with Gasteiger partial charge in [0, 0.05) is 31.9 Å². The minimum atomic E-state index is -0.0132. The van der Waals surface area contributed by atoms with E-state index in [1.807, 2.05) is 20.9 Å². The van der Waals surface area contributed by atoms with Crippen molar-refractivity contribution >= 4 is 18.3 Å². The van der Waals surface area contributed by atoms with Crippen LogP contribution in [0.3, 0.4) is 0 Å². The molecule has 6 heteroatoms. The number of nitrogens with zero attached hydrogens (tertiary/aromatic N) is 2. The molecule has 0 atom stereocenters. The molecule has 0 bridgehead atoms. The van der Waals surface area contributed by atoms with Crippen LogP contribution in [0.4, 0.5) is 0 Å². The molecule has 1 aliphatic carbocycles. The van der Waals surface area contributed by atoms with Crippen LogP contribution in [0.15, 0.2) is 0 Å². The van der Waals surface area contributed by atoms with Crippen LogP contribution in [0.25, 0.3) is 0 Å². The number of rotatable bonds is 5. The second kappa shape index (κ2) is 9.16. The Morgan fingerprint density at radius 1 is 1.18 bits per heavy atom. The molecule has 5 nitrogen and oxygen atoms in total. The number of aryl methyl sites for hydroxylation is 2. The lowest BCUT2D eigenvalue weighted by Gasteiger charge is -2.16. The highest BCUT2D eigenvalue weighted by molar-refractivity contribution is 5.96. The molecule has 1 saturated carbocycles. The van der Waals surface area contributed by atoms with Gasteiger partial charge in [0.1, 0.15) is 0 Å². The quantitative estimate of drug-likeness (QED) is 0.645. The zero-order valence-corrected chi connectivity index (χ0v) is 14.8. The van der Waals surface area contributed by atoms with Gasteiger partial charge in [-0.15, -0.1) is 12.4 Å². The standard InChI is InChI=1S/C16H28N4O.ClH/c1-12-15(13(2)20(3)19-12)16(21)18-11-10-17-14-8-6-4-5-7-9-14;/h14,17H,4-11H2,1-3H3,(H,18,21);1H. The Balaban J connectivity index is 0.00000242. The van der Waals surface area contributed by atoms with Crippen LogP contribution >= 0.6 is 12.4 Å². The number of halogens is 1. The first kappa shape index (κ1) is 19.0. The largest absolute Gasteiger partial charge is 0.351 e. The number of hydrogen-bond donors (Lipinski definition) is 2. The molecule has 1 aromatic heterocycles. The van der Waals surface area contributed by atoms with Gasteiger partial charge in [-0.25, -0.2) is 0 Å². The fourth-order valence-corrected chi connectivity index (χ4v) is 3.13. The van der Waals surface area contributed by atoms with Crippen molar-refractivity contribution in [3.63, 3.8) is 0 Å². The van der Waals surface area contributed by atoms with Gasteiger partial charge in [0.25, 0.3) is 5.91 Å². The number of hydrogen-bond acceptors (Lipinski definition) is 3. The zero-order chi connectivity index (χ0) is 15.2. The number of amides is 1. The lowest BCUT2D eigenvalue weighted by molar-refractivity contribution is 0.0952. The SMILES string of the molecule is Cc1nn(C)c(C)c1C(=O)NCCNC1CCCCCC1.Cl. The summed E-state index contributed by atoms with van der Waals surface area (Å²) in [5.41, 5.74) is 2.43. The van der Waals surface area contributed by atoms with Gasteiger partial charge in [0.15, 0.2) is 0 Å².